The number of anilines is 2. The van der Waals surface area contributed by atoms with E-state index < -0.39 is 0 Å². The molecule has 1 aromatic carbocycles. The number of nitrogens with one attached hydrogen (secondary N) is 1. The van der Waals surface area contributed by atoms with E-state index in [-0.39, 0.29) is 11.7 Å². The third-order valence-electron chi connectivity index (χ3n) is 4.36. The first kappa shape index (κ1) is 18.1. The molecule has 1 aliphatic rings. The first-order valence-corrected chi connectivity index (χ1v) is 10.2. The summed E-state index contributed by atoms with van der Waals surface area (Å²) in [6.45, 7) is 0. The maximum absolute atomic E-state index is 13.6. The highest BCUT2D eigenvalue weighted by Gasteiger charge is 2.22. The normalized spacial score (nSPS) is 15.1. The second-order valence-electron chi connectivity index (χ2n) is 6.06. The molecule has 2 aromatic rings. The van der Waals surface area contributed by atoms with E-state index in [1.54, 1.807) is 18.2 Å². The van der Waals surface area contributed by atoms with Gasteiger partial charge in [-0.3, -0.25) is 4.79 Å². The summed E-state index contributed by atoms with van der Waals surface area (Å²) >= 11 is 2.69. The quantitative estimate of drug-likeness (QED) is 0.757. The third-order valence-corrected chi connectivity index (χ3v) is 6.31. The molecule has 1 aromatic heterocycles. The van der Waals surface area contributed by atoms with E-state index in [4.69, 9.17) is 0 Å². The van der Waals surface area contributed by atoms with Gasteiger partial charge in [-0.1, -0.05) is 54.5 Å². The average Bonchev–Trinajstić information content (AvgIpc) is 3.09. The number of carbonyl (C=O) groups excluding carboxylic acids is 1. The largest absolute Gasteiger partial charge is 0.342 e. The van der Waals surface area contributed by atoms with Gasteiger partial charge in [-0.25, -0.2) is 4.39 Å². The van der Waals surface area contributed by atoms with Crippen LogP contribution in [0.2, 0.25) is 0 Å². The number of aromatic nitrogens is 2. The standard InChI is InChI=1S/C17H21FN4OS2/c1-22(12-7-3-2-4-8-12)15(23)11-24-17-21-20-16(25-17)19-14-10-6-5-9-13(14)18/h5-6,9-10,12H,2-4,7-8,11H2,1H3,(H,19,20). The molecule has 25 heavy (non-hydrogen) atoms. The van der Waals surface area contributed by atoms with Gasteiger partial charge in [0.05, 0.1) is 11.4 Å². The fourth-order valence-corrected chi connectivity index (χ4v) is 4.58. The van der Waals surface area contributed by atoms with Gasteiger partial charge in [0, 0.05) is 13.1 Å². The first-order chi connectivity index (χ1) is 12.1. The average molecular weight is 381 g/mol. The van der Waals surface area contributed by atoms with Gasteiger partial charge >= 0.3 is 0 Å². The predicted octanol–water partition coefficient (Wildman–Crippen LogP) is 4.30. The number of benzene rings is 1. The second kappa shape index (κ2) is 8.62. The van der Waals surface area contributed by atoms with Crippen LogP contribution in [0.15, 0.2) is 28.6 Å². The van der Waals surface area contributed by atoms with Crippen LogP contribution in [0.5, 0.6) is 0 Å². The van der Waals surface area contributed by atoms with Crippen LogP contribution >= 0.6 is 23.1 Å². The zero-order valence-electron chi connectivity index (χ0n) is 14.1. The summed E-state index contributed by atoms with van der Waals surface area (Å²) in [5.41, 5.74) is 0.364. The van der Waals surface area contributed by atoms with Gasteiger partial charge in [-0.15, -0.1) is 10.2 Å². The van der Waals surface area contributed by atoms with Crippen molar-refractivity contribution < 1.29 is 9.18 Å². The van der Waals surface area contributed by atoms with Crippen molar-refractivity contribution in [3.05, 3.63) is 30.1 Å². The molecule has 1 heterocycles. The smallest absolute Gasteiger partial charge is 0.233 e. The Labute approximate surface area is 155 Å². The molecular formula is C17H21FN4OS2. The Morgan fingerprint density at radius 2 is 2.08 bits per heavy atom. The van der Waals surface area contributed by atoms with Crippen molar-refractivity contribution in [2.45, 2.75) is 42.5 Å². The number of hydrogen-bond donors (Lipinski definition) is 1. The van der Waals surface area contributed by atoms with Gasteiger partial charge in [0.1, 0.15) is 5.82 Å². The topological polar surface area (TPSA) is 58.1 Å². The van der Waals surface area contributed by atoms with Crippen LogP contribution in [-0.4, -0.2) is 39.8 Å². The number of halogens is 1. The van der Waals surface area contributed by atoms with Crippen LogP contribution in [0.25, 0.3) is 0 Å². The fourth-order valence-electron chi connectivity index (χ4n) is 2.89. The number of carbonyl (C=O) groups is 1. The third kappa shape index (κ3) is 4.92. The molecule has 0 radical (unpaired) electrons. The molecule has 5 nitrogen and oxygen atoms in total. The lowest BCUT2D eigenvalue weighted by atomic mass is 9.94. The Hall–Kier alpha value is -1.67. The van der Waals surface area contributed by atoms with E-state index in [9.17, 15) is 9.18 Å². The summed E-state index contributed by atoms with van der Waals surface area (Å²) < 4.78 is 14.3. The molecule has 0 spiro atoms. The van der Waals surface area contributed by atoms with Crippen LogP contribution in [0.1, 0.15) is 32.1 Å². The molecule has 0 atom stereocenters. The molecule has 1 saturated carbocycles. The summed E-state index contributed by atoms with van der Waals surface area (Å²) in [7, 11) is 1.89. The predicted molar refractivity (Wildman–Crippen MR) is 100.0 cm³/mol. The Morgan fingerprint density at radius 3 is 2.84 bits per heavy atom. The van der Waals surface area contributed by atoms with Gasteiger partial charge in [0.25, 0.3) is 0 Å². The molecule has 1 aliphatic carbocycles. The highest BCUT2D eigenvalue weighted by Crippen LogP contribution is 2.29. The van der Waals surface area contributed by atoms with Crippen molar-refractivity contribution in [1.29, 1.82) is 0 Å². The first-order valence-electron chi connectivity index (χ1n) is 8.37. The van der Waals surface area contributed by atoms with Crippen LogP contribution in [0, 0.1) is 5.82 Å². The van der Waals surface area contributed by atoms with E-state index in [0.29, 0.717) is 27.0 Å². The molecular weight excluding hydrogens is 359 g/mol. The number of nitrogens with zero attached hydrogens (tertiary/aromatic N) is 3. The lowest BCUT2D eigenvalue weighted by Crippen LogP contribution is -2.39. The minimum atomic E-state index is -0.337. The molecule has 8 heteroatoms. The van der Waals surface area contributed by atoms with E-state index in [2.05, 4.69) is 15.5 Å². The summed E-state index contributed by atoms with van der Waals surface area (Å²) in [5, 5.41) is 11.5. The second-order valence-corrected chi connectivity index (χ2v) is 8.26. The van der Waals surface area contributed by atoms with Crippen LogP contribution in [0.3, 0.4) is 0 Å². The monoisotopic (exact) mass is 380 g/mol. The molecule has 1 amide bonds. The number of rotatable bonds is 6. The van der Waals surface area contributed by atoms with Gasteiger partial charge in [-0.2, -0.15) is 0 Å². The van der Waals surface area contributed by atoms with Crippen LogP contribution in [-0.2, 0) is 4.79 Å². The molecule has 1 N–H and O–H groups in total. The number of amides is 1. The zero-order chi connectivity index (χ0) is 17.6. The number of para-hydroxylation sites is 1. The van der Waals surface area contributed by atoms with Crippen molar-refractivity contribution in [3.63, 3.8) is 0 Å². The van der Waals surface area contributed by atoms with Crippen LogP contribution < -0.4 is 5.32 Å². The molecule has 0 bridgehead atoms. The van der Waals surface area contributed by atoms with E-state index in [0.717, 1.165) is 12.8 Å². The summed E-state index contributed by atoms with van der Waals surface area (Å²) in [5.74, 6) is 0.133. The van der Waals surface area contributed by atoms with Gasteiger partial charge < -0.3 is 10.2 Å². The van der Waals surface area contributed by atoms with Crippen molar-refractivity contribution in [3.8, 4) is 0 Å². The highest BCUT2D eigenvalue weighted by molar-refractivity contribution is 8.01. The molecule has 0 saturated heterocycles. The molecule has 3 rings (SSSR count). The van der Waals surface area contributed by atoms with Gasteiger partial charge in [-0.05, 0) is 25.0 Å². The van der Waals surface area contributed by atoms with Crippen molar-refractivity contribution in [2.75, 3.05) is 18.1 Å². The van der Waals surface area contributed by atoms with E-state index in [1.165, 1.54) is 48.4 Å². The maximum atomic E-state index is 13.6. The van der Waals surface area contributed by atoms with Crippen molar-refractivity contribution in [2.24, 2.45) is 0 Å². The van der Waals surface area contributed by atoms with E-state index >= 15 is 0 Å². The van der Waals surface area contributed by atoms with Crippen molar-refractivity contribution in [1.82, 2.24) is 15.1 Å². The molecule has 0 unspecified atom stereocenters. The fraction of sp³-hybridized carbons (Fsp3) is 0.471. The lowest BCUT2D eigenvalue weighted by molar-refractivity contribution is -0.129. The van der Waals surface area contributed by atoms with Gasteiger partial charge in [0.15, 0.2) is 4.34 Å². The maximum Gasteiger partial charge on any atom is 0.233 e. The van der Waals surface area contributed by atoms with Crippen LogP contribution in [0.4, 0.5) is 15.2 Å². The van der Waals surface area contributed by atoms with Gasteiger partial charge in [0.2, 0.25) is 11.0 Å². The summed E-state index contributed by atoms with van der Waals surface area (Å²) in [6, 6.07) is 6.79. The highest BCUT2D eigenvalue weighted by atomic mass is 32.2. The molecule has 0 aliphatic heterocycles. The minimum Gasteiger partial charge on any atom is -0.342 e. The molecule has 134 valence electrons. The Balaban J connectivity index is 1.51. The number of hydrogen-bond acceptors (Lipinski definition) is 6. The Kier molecular flexibility index (Phi) is 6.25. The summed E-state index contributed by atoms with van der Waals surface area (Å²) in [4.78, 5) is 14.2. The SMILES string of the molecule is CN(C(=O)CSc1nnc(Nc2ccccc2F)s1)C1CCCCC1. The lowest BCUT2D eigenvalue weighted by Gasteiger charge is -2.31. The van der Waals surface area contributed by atoms with Crippen molar-refractivity contribution >= 4 is 39.8 Å². The minimum absolute atomic E-state index is 0.121. The zero-order valence-corrected chi connectivity index (χ0v) is 15.7. The Morgan fingerprint density at radius 1 is 1.32 bits per heavy atom. The summed E-state index contributed by atoms with van der Waals surface area (Å²) in [6.07, 6.45) is 5.88. The van der Waals surface area contributed by atoms with E-state index in [1.807, 2.05) is 11.9 Å². The Bertz CT molecular complexity index is 718. The molecule has 1 fully saturated rings. The number of thioether (sulfide) groups is 1.